The molecule has 4 N–H and O–H groups in total. The maximum absolute atomic E-state index is 5.78. The minimum absolute atomic E-state index is 0.526. The summed E-state index contributed by atoms with van der Waals surface area (Å²) in [6.45, 7) is 5.57. The first-order valence-corrected chi connectivity index (χ1v) is 5.87. The molecule has 1 aliphatic rings. The lowest BCUT2D eigenvalue weighted by atomic mass is 10.1. The molecule has 1 saturated heterocycles. The van der Waals surface area contributed by atoms with Crippen LogP contribution in [0.15, 0.2) is 0 Å². The van der Waals surface area contributed by atoms with Crippen LogP contribution in [0, 0.1) is 5.92 Å². The van der Waals surface area contributed by atoms with Gasteiger partial charge in [-0.25, -0.2) is 0 Å². The molecule has 0 spiro atoms. The lowest BCUT2D eigenvalue weighted by Crippen LogP contribution is -2.45. The van der Waals surface area contributed by atoms with Crippen LogP contribution in [-0.4, -0.2) is 50.3 Å². The van der Waals surface area contributed by atoms with Gasteiger partial charge in [-0.15, -0.1) is 0 Å². The van der Waals surface area contributed by atoms with Crippen LogP contribution in [0.5, 0.6) is 0 Å². The monoisotopic (exact) mass is 215 g/mol. The highest BCUT2D eigenvalue weighted by molar-refractivity contribution is 4.89. The van der Waals surface area contributed by atoms with Crippen molar-refractivity contribution in [3.05, 3.63) is 0 Å². The molecule has 0 aromatic rings. The fourth-order valence-electron chi connectivity index (χ4n) is 2.52. The van der Waals surface area contributed by atoms with Gasteiger partial charge in [-0.3, -0.25) is 4.90 Å². The molecule has 0 aromatic heterocycles. The molecular weight excluding hydrogens is 190 g/mol. The molecule has 0 saturated carbocycles. The molecule has 1 aliphatic heterocycles. The molecule has 0 amide bonds. The molecule has 15 heavy (non-hydrogen) atoms. The van der Waals surface area contributed by atoms with Crippen LogP contribution in [0.25, 0.3) is 0 Å². The van der Waals surface area contributed by atoms with Crippen LogP contribution >= 0.6 is 0 Å². The number of hydrogen-bond acceptors (Lipinski definition) is 4. The second kappa shape index (κ2) is 6.43. The second-order valence-corrected chi connectivity index (χ2v) is 4.61. The Morgan fingerprint density at radius 1 is 1.27 bits per heavy atom. The minimum atomic E-state index is 0.526. The Balaban J connectivity index is 2.46. The highest BCUT2D eigenvalue weighted by Gasteiger charge is 2.32. The summed E-state index contributed by atoms with van der Waals surface area (Å²) in [5.41, 5.74) is 11.6. The van der Waals surface area contributed by atoms with Crippen LogP contribution in [0.3, 0.4) is 0 Å². The van der Waals surface area contributed by atoms with Crippen LogP contribution in [0.4, 0.5) is 0 Å². The predicted molar refractivity (Wildman–Crippen MR) is 62.7 cm³/mol. The van der Waals surface area contributed by atoms with E-state index in [1.54, 1.807) is 7.11 Å². The zero-order valence-electron chi connectivity index (χ0n) is 9.98. The quantitative estimate of drug-likeness (QED) is 0.655. The summed E-state index contributed by atoms with van der Waals surface area (Å²) in [4.78, 5) is 2.48. The van der Waals surface area contributed by atoms with Crippen LogP contribution in [0.2, 0.25) is 0 Å². The van der Waals surface area contributed by atoms with Gasteiger partial charge in [-0.2, -0.15) is 0 Å². The highest BCUT2D eigenvalue weighted by atomic mass is 16.5. The van der Waals surface area contributed by atoms with E-state index in [0.29, 0.717) is 18.0 Å². The van der Waals surface area contributed by atoms with Crippen molar-refractivity contribution in [2.75, 3.05) is 33.4 Å². The molecular formula is C11H25N3O. The average molecular weight is 215 g/mol. The minimum Gasteiger partial charge on any atom is -0.384 e. The van der Waals surface area contributed by atoms with Crippen molar-refractivity contribution in [3.63, 3.8) is 0 Å². The molecule has 0 aromatic carbocycles. The third-order valence-electron chi connectivity index (χ3n) is 3.29. The fraction of sp³-hybridized carbons (Fsp3) is 1.00. The van der Waals surface area contributed by atoms with Crippen molar-refractivity contribution in [3.8, 4) is 0 Å². The largest absolute Gasteiger partial charge is 0.384 e. The maximum atomic E-state index is 5.78. The first kappa shape index (κ1) is 12.9. The number of nitrogens with zero attached hydrogens (tertiary/aromatic N) is 1. The van der Waals surface area contributed by atoms with Crippen molar-refractivity contribution < 1.29 is 4.74 Å². The first-order chi connectivity index (χ1) is 7.22. The standard InChI is InChI=1S/C11H25N3O/c1-9(8-15-2)7-14-10(5-12)3-4-11(14)6-13/h9-11H,3-8,12-13H2,1-2H3. The Morgan fingerprint density at radius 3 is 2.20 bits per heavy atom. The van der Waals surface area contributed by atoms with Crippen molar-refractivity contribution >= 4 is 0 Å². The summed E-state index contributed by atoms with van der Waals surface area (Å²) in [7, 11) is 1.75. The van der Waals surface area contributed by atoms with Gasteiger partial charge >= 0.3 is 0 Å². The van der Waals surface area contributed by atoms with E-state index in [0.717, 1.165) is 26.2 Å². The third kappa shape index (κ3) is 3.41. The van der Waals surface area contributed by atoms with E-state index in [2.05, 4.69) is 11.8 Å². The van der Waals surface area contributed by atoms with Crippen molar-refractivity contribution in [2.45, 2.75) is 31.8 Å². The topological polar surface area (TPSA) is 64.5 Å². The molecule has 1 rings (SSSR count). The molecule has 0 radical (unpaired) electrons. The normalized spacial score (nSPS) is 29.6. The summed E-state index contributed by atoms with van der Waals surface area (Å²) < 4.78 is 5.16. The zero-order chi connectivity index (χ0) is 11.3. The summed E-state index contributed by atoms with van der Waals surface area (Å²) in [6, 6.07) is 1.05. The number of methoxy groups -OCH3 is 1. The van der Waals surface area contributed by atoms with Gasteiger partial charge in [0.2, 0.25) is 0 Å². The number of ether oxygens (including phenoxy) is 1. The van der Waals surface area contributed by atoms with E-state index in [1.165, 1.54) is 12.8 Å². The van der Waals surface area contributed by atoms with Gasteiger partial charge < -0.3 is 16.2 Å². The van der Waals surface area contributed by atoms with E-state index in [4.69, 9.17) is 16.2 Å². The number of nitrogens with two attached hydrogens (primary N) is 2. The summed E-state index contributed by atoms with van der Waals surface area (Å²) in [5, 5.41) is 0. The maximum Gasteiger partial charge on any atom is 0.0500 e. The molecule has 1 fully saturated rings. The molecule has 90 valence electrons. The summed E-state index contributed by atoms with van der Waals surface area (Å²) in [6.07, 6.45) is 2.39. The van der Waals surface area contributed by atoms with Gasteiger partial charge in [-0.1, -0.05) is 6.92 Å². The van der Waals surface area contributed by atoms with Gasteiger partial charge in [0, 0.05) is 45.4 Å². The van der Waals surface area contributed by atoms with Gasteiger partial charge in [0.15, 0.2) is 0 Å². The predicted octanol–water partition coefficient (Wildman–Crippen LogP) is 0.0193. The van der Waals surface area contributed by atoms with E-state index in [-0.39, 0.29) is 0 Å². The Labute approximate surface area is 92.9 Å². The summed E-state index contributed by atoms with van der Waals surface area (Å²) >= 11 is 0. The van der Waals surface area contributed by atoms with Gasteiger partial charge in [0.25, 0.3) is 0 Å². The van der Waals surface area contributed by atoms with E-state index >= 15 is 0 Å². The first-order valence-electron chi connectivity index (χ1n) is 5.87. The Bertz CT molecular complexity index is 165. The lowest BCUT2D eigenvalue weighted by molar-refractivity contribution is 0.109. The zero-order valence-corrected chi connectivity index (χ0v) is 9.98. The smallest absolute Gasteiger partial charge is 0.0500 e. The molecule has 3 unspecified atom stereocenters. The molecule has 1 heterocycles. The molecule has 0 bridgehead atoms. The Morgan fingerprint density at radius 2 is 1.80 bits per heavy atom. The van der Waals surface area contributed by atoms with Gasteiger partial charge in [0.1, 0.15) is 0 Å². The van der Waals surface area contributed by atoms with Gasteiger partial charge in [-0.05, 0) is 18.8 Å². The molecule has 3 atom stereocenters. The van der Waals surface area contributed by atoms with E-state index in [1.807, 2.05) is 0 Å². The van der Waals surface area contributed by atoms with E-state index < -0.39 is 0 Å². The number of hydrogen-bond donors (Lipinski definition) is 2. The molecule has 0 aliphatic carbocycles. The lowest BCUT2D eigenvalue weighted by Gasteiger charge is -2.31. The van der Waals surface area contributed by atoms with Crippen molar-refractivity contribution in [2.24, 2.45) is 17.4 Å². The molecule has 4 heteroatoms. The van der Waals surface area contributed by atoms with Gasteiger partial charge in [0.05, 0.1) is 0 Å². The van der Waals surface area contributed by atoms with Crippen molar-refractivity contribution in [1.82, 2.24) is 4.90 Å². The summed E-state index contributed by atoms with van der Waals surface area (Å²) in [5.74, 6) is 0.552. The van der Waals surface area contributed by atoms with Crippen LogP contribution in [0.1, 0.15) is 19.8 Å². The average Bonchev–Trinajstić information content (AvgIpc) is 2.60. The number of likely N-dealkylation sites (tertiary alicyclic amines) is 1. The fourth-order valence-corrected chi connectivity index (χ4v) is 2.52. The number of rotatable bonds is 6. The SMILES string of the molecule is COCC(C)CN1C(CN)CCC1CN. The van der Waals surface area contributed by atoms with E-state index in [9.17, 15) is 0 Å². The third-order valence-corrected chi connectivity index (χ3v) is 3.29. The molecule has 4 nitrogen and oxygen atoms in total. The Hall–Kier alpha value is -0.160. The van der Waals surface area contributed by atoms with Crippen LogP contribution < -0.4 is 11.5 Å². The second-order valence-electron chi connectivity index (χ2n) is 4.61. The van der Waals surface area contributed by atoms with Crippen molar-refractivity contribution in [1.29, 1.82) is 0 Å². The van der Waals surface area contributed by atoms with Crippen LogP contribution in [-0.2, 0) is 4.74 Å². The Kier molecular flexibility index (Phi) is 5.53. The highest BCUT2D eigenvalue weighted by Crippen LogP contribution is 2.23.